The van der Waals surface area contributed by atoms with Gasteiger partial charge in [0.15, 0.2) is 6.10 Å². The zero-order valence-electron chi connectivity index (χ0n) is 39.4. The molecule has 0 bridgehead atoms. The lowest BCUT2D eigenvalue weighted by atomic mass is 10.0. The van der Waals surface area contributed by atoms with Gasteiger partial charge in [-0.1, -0.05) is 165 Å². The Bertz CT molecular complexity index is 1160. The number of likely N-dealkylation sites (N-methyl/N-ethyl adjacent to an activating group) is 1. The van der Waals surface area contributed by atoms with Crippen molar-refractivity contribution in [3.8, 4) is 0 Å². The predicted octanol–water partition coefficient (Wildman–Crippen LogP) is 13.6. The van der Waals surface area contributed by atoms with Crippen LogP contribution in [0.15, 0.2) is 48.6 Å². The summed E-state index contributed by atoms with van der Waals surface area (Å²) in [5.74, 6) is -0.878. The summed E-state index contributed by atoms with van der Waals surface area (Å²) in [6, 6.07) is 0. The smallest absolute Gasteiger partial charge is 0.306 e. The number of unbranched alkanes of at least 4 members (excludes halogenated alkanes) is 22. The largest absolute Gasteiger partial charge is 0.756 e. The fraction of sp³-hybridized carbons (Fsp3) is 0.800. The van der Waals surface area contributed by atoms with Crippen molar-refractivity contribution >= 4 is 19.8 Å². The standard InChI is InChI=1S/C50H92NO8P/c1-6-8-10-12-14-16-18-20-22-23-24-25-26-27-29-30-32-34-36-38-40-42-49(52)56-46-48(47-58-60(54,55)57-45-44-51(3,4)5)59-50(53)43-41-39-37-35-33-31-28-21-19-17-15-13-11-9-7-2/h15,17,20-22,28,33,35,48H,6-14,16,18-19,23-27,29-32,34,36-47H2,1-5H3/b17-15+,22-20+,28-21+,35-33+/t48-/m0/s1. The molecule has 0 aliphatic rings. The second-order valence-electron chi connectivity index (χ2n) is 17.5. The Morgan fingerprint density at radius 3 is 1.42 bits per heavy atom. The topological polar surface area (TPSA) is 111 Å². The highest BCUT2D eigenvalue weighted by atomic mass is 31.2. The lowest BCUT2D eigenvalue weighted by Crippen LogP contribution is -2.37. The lowest BCUT2D eigenvalue weighted by molar-refractivity contribution is -0.870. The minimum atomic E-state index is -4.64. The third-order valence-corrected chi connectivity index (χ3v) is 11.3. The van der Waals surface area contributed by atoms with Gasteiger partial charge in [-0.2, -0.15) is 0 Å². The Kier molecular flexibility index (Phi) is 40.8. The fourth-order valence-corrected chi connectivity index (χ4v) is 7.21. The molecule has 0 aliphatic carbocycles. The first-order valence-corrected chi connectivity index (χ1v) is 25.8. The predicted molar refractivity (Wildman–Crippen MR) is 250 cm³/mol. The van der Waals surface area contributed by atoms with Gasteiger partial charge in [-0.05, 0) is 77.0 Å². The summed E-state index contributed by atoms with van der Waals surface area (Å²) in [6.45, 7) is 4.16. The molecule has 0 N–H and O–H groups in total. The van der Waals surface area contributed by atoms with E-state index in [4.69, 9.17) is 18.5 Å². The van der Waals surface area contributed by atoms with E-state index in [0.29, 0.717) is 17.4 Å². The van der Waals surface area contributed by atoms with E-state index in [9.17, 15) is 19.0 Å². The molecular formula is C50H92NO8P. The number of ether oxygens (including phenoxy) is 2. The van der Waals surface area contributed by atoms with Crippen LogP contribution in [0.3, 0.4) is 0 Å². The minimum Gasteiger partial charge on any atom is -0.756 e. The van der Waals surface area contributed by atoms with Crippen LogP contribution in [-0.4, -0.2) is 70.0 Å². The monoisotopic (exact) mass is 866 g/mol. The van der Waals surface area contributed by atoms with Gasteiger partial charge in [-0.3, -0.25) is 14.2 Å². The van der Waals surface area contributed by atoms with Gasteiger partial charge in [0.2, 0.25) is 0 Å². The summed E-state index contributed by atoms with van der Waals surface area (Å²) in [5.41, 5.74) is 0. The number of nitrogens with zero attached hydrogens (tertiary/aromatic N) is 1. The fourth-order valence-electron chi connectivity index (χ4n) is 6.48. The number of esters is 2. The van der Waals surface area contributed by atoms with Crippen LogP contribution in [0.1, 0.15) is 206 Å². The number of quaternary nitrogens is 1. The van der Waals surface area contributed by atoms with E-state index in [1.807, 2.05) is 21.1 Å². The second-order valence-corrected chi connectivity index (χ2v) is 18.9. The van der Waals surface area contributed by atoms with E-state index in [1.54, 1.807) is 0 Å². The zero-order chi connectivity index (χ0) is 44.3. The minimum absolute atomic E-state index is 0.0390. The molecule has 60 heavy (non-hydrogen) atoms. The van der Waals surface area contributed by atoms with E-state index < -0.39 is 32.5 Å². The molecule has 2 atom stereocenters. The van der Waals surface area contributed by atoms with E-state index in [0.717, 1.165) is 51.4 Å². The van der Waals surface area contributed by atoms with Gasteiger partial charge in [-0.15, -0.1) is 0 Å². The Labute approximate surface area is 369 Å². The van der Waals surface area contributed by atoms with Crippen molar-refractivity contribution in [2.75, 3.05) is 47.5 Å². The first-order chi connectivity index (χ1) is 29.0. The molecule has 0 amide bonds. The van der Waals surface area contributed by atoms with Crippen molar-refractivity contribution in [2.24, 2.45) is 0 Å². The van der Waals surface area contributed by atoms with Crippen LogP contribution in [0.25, 0.3) is 0 Å². The zero-order valence-corrected chi connectivity index (χ0v) is 40.3. The molecule has 1 unspecified atom stereocenters. The molecule has 0 fully saturated rings. The number of phosphoric acid groups is 1. The Morgan fingerprint density at radius 1 is 0.517 bits per heavy atom. The highest BCUT2D eigenvalue weighted by Gasteiger charge is 2.21. The molecule has 9 nitrogen and oxygen atoms in total. The molecule has 0 aromatic carbocycles. The van der Waals surface area contributed by atoms with Gasteiger partial charge in [-0.25, -0.2) is 0 Å². The molecule has 0 heterocycles. The highest BCUT2D eigenvalue weighted by molar-refractivity contribution is 7.45. The highest BCUT2D eigenvalue weighted by Crippen LogP contribution is 2.38. The van der Waals surface area contributed by atoms with Crippen molar-refractivity contribution in [1.82, 2.24) is 0 Å². The van der Waals surface area contributed by atoms with Gasteiger partial charge in [0.25, 0.3) is 7.82 Å². The lowest BCUT2D eigenvalue weighted by Gasteiger charge is -2.28. The van der Waals surface area contributed by atoms with E-state index in [2.05, 4.69) is 62.5 Å². The molecular weight excluding hydrogens is 774 g/mol. The molecule has 0 spiro atoms. The molecule has 0 rings (SSSR count). The third-order valence-electron chi connectivity index (χ3n) is 10.3. The number of hydrogen-bond donors (Lipinski definition) is 0. The van der Waals surface area contributed by atoms with Crippen LogP contribution in [-0.2, 0) is 32.7 Å². The molecule has 0 saturated heterocycles. The number of carbonyl (C=O) groups excluding carboxylic acids is 2. The van der Waals surface area contributed by atoms with Gasteiger partial charge in [0.05, 0.1) is 27.7 Å². The van der Waals surface area contributed by atoms with E-state index >= 15 is 0 Å². The number of hydrogen-bond acceptors (Lipinski definition) is 8. The Hall–Kier alpha value is -2.03. The number of phosphoric ester groups is 1. The molecule has 10 heteroatoms. The first kappa shape index (κ1) is 58.0. The van der Waals surface area contributed by atoms with Crippen molar-refractivity contribution in [1.29, 1.82) is 0 Å². The molecule has 350 valence electrons. The molecule has 0 aliphatic heterocycles. The first-order valence-electron chi connectivity index (χ1n) is 24.3. The van der Waals surface area contributed by atoms with Crippen molar-refractivity contribution in [3.63, 3.8) is 0 Å². The van der Waals surface area contributed by atoms with Crippen LogP contribution >= 0.6 is 7.82 Å². The molecule has 0 aromatic heterocycles. The van der Waals surface area contributed by atoms with Crippen LogP contribution in [0.4, 0.5) is 0 Å². The van der Waals surface area contributed by atoms with E-state index in [-0.39, 0.29) is 26.1 Å². The maximum atomic E-state index is 12.7. The van der Waals surface area contributed by atoms with Gasteiger partial charge < -0.3 is 27.9 Å². The summed E-state index contributed by atoms with van der Waals surface area (Å²) in [7, 11) is 1.14. The number of rotatable bonds is 44. The summed E-state index contributed by atoms with van der Waals surface area (Å²) in [6.07, 6.45) is 50.0. The summed E-state index contributed by atoms with van der Waals surface area (Å²) < 4.78 is 33.9. The van der Waals surface area contributed by atoms with Gasteiger partial charge in [0.1, 0.15) is 19.8 Å². The SMILES string of the molecule is CCCCC/C=C/C/C=C/C/C=C/CCCCC(=O)O[C@@H](COC(=O)CCCCCCCCCCCCC/C=C/CCCCCCCC)COP(=O)([O-])OCC[N+](C)(C)C. The van der Waals surface area contributed by atoms with Gasteiger partial charge >= 0.3 is 11.9 Å². The van der Waals surface area contributed by atoms with Gasteiger partial charge in [0, 0.05) is 12.8 Å². The summed E-state index contributed by atoms with van der Waals surface area (Å²) in [5, 5.41) is 0. The van der Waals surface area contributed by atoms with E-state index in [1.165, 1.54) is 122 Å². The maximum Gasteiger partial charge on any atom is 0.306 e. The quantitative estimate of drug-likeness (QED) is 0.0196. The average Bonchev–Trinajstić information content (AvgIpc) is 3.20. The normalized spacial score (nSPS) is 13.9. The number of carbonyl (C=O) groups is 2. The maximum absolute atomic E-state index is 12.7. The van der Waals surface area contributed by atoms with Crippen molar-refractivity contribution in [3.05, 3.63) is 48.6 Å². The molecule has 0 radical (unpaired) electrons. The molecule has 0 saturated carbocycles. The van der Waals surface area contributed by atoms with Crippen LogP contribution < -0.4 is 4.89 Å². The third kappa shape index (κ3) is 45.5. The second kappa shape index (κ2) is 42.3. The van der Waals surface area contributed by atoms with Crippen molar-refractivity contribution in [2.45, 2.75) is 213 Å². The molecule has 0 aromatic rings. The van der Waals surface area contributed by atoms with Crippen molar-refractivity contribution < 1.29 is 42.1 Å². The van der Waals surface area contributed by atoms with Crippen LogP contribution in [0.5, 0.6) is 0 Å². The number of allylic oxidation sites excluding steroid dienone is 8. The van der Waals surface area contributed by atoms with Crippen LogP contribution in [0.2, 0.25) is 0 Å². The summed E-state index contributed by atoms with van der Waals surface area (Å²) in [4.78, 5) is 37.6. The Morgan fingerprint density at radius 2 is 0.900 bits per heavy atom. The average molecular weight is 866 g/mol. The summed E-state index contributed by atoms with van der Waals surface area (Å²) >= 11 is 0. The Balaban J connectivity index is 4.30. The van der Waals surface area contributed by atoms with Crippen LogP contribution in [0, 0.1) is 0 Å².